The highest BCUT2D eigenvalue weighted by Crippen LogP contribution is 2.28. The minimum atomic E-state index is -3.62. The van der Waals surface area contributed by atoms with Crippen LogP contribution >= 0.6 is 0 Å². The number of phenols is 1. The molecule has 31 heavy (non-hydrogen) atoms. The van der Waals surface area contributed by atoms with Crippen molar-refractivity contribution in [1.82, 2.24) is 9.29 Å². The van der Waals surface area contributed by atoms with Crippen LogP contribution in [0.25, 0.3) is 0 Å². The van der Waals surface area contributed by atoms with Gasteiger partial charge in [0.05, 0.1) is 11.1 Å². The van der Waals surface area contributed by atoms with Gasteiger partial charge in [-0.2, -0.15) is 4.31 Å². The van der Waals surface area contributed by atoms with Gasteiger partial charge < -0.3 is 9.84 Å². The van der Waals surface area contributed by atoms with E-state index in [9.17, 15) is 13.5 Å². The Morgan fingerprint density at radius 1 is 1.06 bits per heavy atom. The van der Waals surface area contributed by atoms with Crippen LogP contribution in [0.3, 0.4) is 0 Å². The zero-order valence-corrected chi connectivity index (χ0v) is 17.8. The Labute approximate surface area is 182 Å². The summed E-state index contributed by atoms with van der Waals surface area (Å²) in [6.45, 7) is 1.15. The van der Waals surface area contributed by atoms with Gasteiger partial charge in [-0.15, -0.1) is 0 Å². The second kappa shape index (κ2) is 9.32. The molecule has 1 aliphatic heterocycles. The van der Waals surface area contributed by atoms with Gasteiger partial charge in [-0.3, -0.25) is 4.98 Å². The molecule has 0 aliphatic carbocycles. The summed E-state index contributed by atoms with van der Waals surface area (Å²) in [4.78, 5) is 4.49. The smallest absolute Gasteiger partial charge is 0.243 e. The van der Waals surface area contributed by atoms with Crippen molar-refractivity contribution >= 4 is 10.0 Å². The van der Waals surface area contributed by atoms with Gasteiger partial charge in [-0.25, -0.2) is 8.42 Å². The summed E-state index contributed by atoms with van der Waals surface area (Å²) < 4.78 is 33.2. The molecule has 2 aromatic carbocycles. The minimum Gasteiger partial charge on any atom is -0.508 e. The molecular weight excluding hydrogens is 412 g/mol. The first kappa shape index (κ1) is 21.1. The van der Waals surface area contributed by atoms with Crippen LogP contribution in [0.2, 0.25) is 0 Å². The number of aromatic nitrogens is 1. The number of sulfonamides is 1. The van der Waals surface area contributed by atoms with Gasteiger partial charge in [0.1, 0.15) is 18.1 Å². The van der Waals surface area contributed by atoms with Gasteiger partial charge in [0.25, 0.3) is 0 Å². The maximum atomic E-state index is 12.9. The number of ether oxygens (including phenoxy) is 1. The molecule has 6 nitrogen and oxygen atoms in total. The molecule has 4 rings (SSSR count). The average molecular weight is 437 g/mol. The van der Waals surface area contributed by atoms with Gasteiger partial charge in [-0.1, -0.05) is 42.5 Å². The first-order chi connectivity index (χ1) is 15.0. The van der Waals surface area contributed by atoms with E-state index in [1.807, 2.05) is 48.6 Å². The topological polar surface area (TPSA) is 79.7 Å². The molecule has 0 amide bonds. The van der Waals surface area contributed by atoms with Crippen molar-refractivity contribution in [3.8, 4) is 11.5 Å². The predicted octanol–water partition coefficient (Wildman–Crippen LogP) is 4.10. The number of pyridine rings is 1. The molecule has 160 valence electrons. The lowest BCUT2D eigenvalue weighted by atomic mass is 9.97. The van der Waals surface area contributed by atoms with Gasteiger partial charge in [-0.05, 0) is 47.9 Å². The highest BCUT2D eigenvalue weighted by atomic mass is 32.2. The van der Waals surface area contributed by atoms with Crippen molar-refractivity contribution in [2.45, 2.75) is 23.8 Å². The summed E-state index contributed by atoms with van der Waals surface area (Å²) in [6, 6.07) is 17.5. The van der Waals surface area contributed by atoms with E-state index in [1.165, 1.54) is 28.6 Å². The quantitative estimate of drug-likeness (QED) is 0.589. The number of allylic oxidation sites excluding steroid dienone is 1. The predicted molar refractivity (Wildman–Crippen MR) is 118 cm³/mol. The summed E-state index contributed by atoms with van der Waals surface area (Å²) in [6.07, 6.45) is 8.04. The molecule has 0 saturated heterocycles. The van der Waals surface area contributed by atoms with Crippen molar-refractivity contribution in [3.63, 3.8) is 0 Å². The molecule has 0 spiro atoms. The van der Waals surface area contributed by atoms with E-state index >= 15 is 0 Å². The number of hydrogen-bond acceptors (Lipinski definition) is 5. The first-order valence-electron chi connectivity index (χ1n) is 10.1. The standard InChI is InChI=1S/C24H24N2O4S/c27-22-8-10-24(11-9-22)31(28,29)26-13-4-7-20(12-14-26)21-15-23(17-25-16-21)30-18-19-5-2-1-3-6-19/h1-11,15-17,20,27H,12-14,18H2. The number of nitrogens with zero attached hydrogens (tertiary/aromatic N) is 2. The van der Waals surface area contributed by atoms with Crippen LogP contribution in [0.5, 0.6) is 11.5 Å². The second-order valence-electron chi connectivity index (χ2n) is 7.41. The van der Waals surface area contributed by atoms with E-state index in [2.05, 4.69) is 4.98 Å². The molecule has 1 atom stereocenters. The third-order valence-corrected chi connectivity index (χ3v) is 7.13. The summed E-state index contributed by atoms with van der Waals surface area (Å²) in [5.74, 6) is 0.775. The van der Waals surface area contributed by atoms with Crippen molar-refractivity contribution in [2.24, 2.45) is 0 Å². The number of hydrogen-bond donors (Lipinski definition) is 1. The molecule has 3 aromatic rings. The Bertz CT molecular complexity index is 1150. The van der Waals surface area contributed by atoms with E-state index in [0.29, 0.717) is 31.9 Å². The van der Waals surface area contributed by atoms with E-state index in [1.54, 1.807) is 12.4 Å². The van der Waals surface area contributed by atoms with Crippen LogP contribution in [0.1, 0.15) is 23.5 Å². The molecule has 0 fully saturated rings. The first-order valence-corrected chi connectivity index (χ1v) is 11.5. The Hall–Kier alpha value is -3.16. The van der Waals surface area contributed by atoms with E-state index < -0.39 is 10.0 Å². The lowest BCUT2D eigenvalue weighted by Crippen LogP contribution is -2.31. The third kappa shape index (κ3) is 5.13. The fourth-order valence-electron chi connectivity index (χ4n) is 3.53. The largest absolute Gasteiger partial charge is 0.508 e. The monoisotopic (exact) mass is 436 g/mol. The normalized spacial score (nSPS) is 17.2. The average Bonchev–Trinajstić information content (AvgIpc) is 3.06. The summed E-state index contributed by atoms with van der Waals surface area (Å²) in [7, 11) is -3.62. The van der Waals surface area contributed by atoms with Crippen LogP contribution in [0.15, 0.2) is 90.1 Å². The zero-order valence-electron chi connectivity index (χ0n) is 17.0. The third-order valence-electron chi connectivity index (χ3n) is 5.25. The Kier molecular flexibility index (Phi) is 6.34. The van der Waals surface area contributed by atoms with Crippen LogP contribution in [0, 0.1) is 0 Å². The van der Waals surface area contributed by atoms with Gasteiger partial charge >= 0.3 is 0 Å². The van der Waals surface area contributed by atoms with Crippen molar-refractivity contribution < 1.29 is 18.3 Å². The second-order valence-corrected chi connectivity index (χ2v) is 9.35. The van der Waals surface area contributed by atoms with Crippen molar-refractivity contribution in [3.05, 3.63) is 96.3 Å². The molecule has 2 heterocycles. The fraction of sp³-hybridized carbons (Fsp3) is 0.208. The minimum absolute atomic E-state index is 0.0386. The van der Waals surface area contributed by atoms with E-state index in [-0.39, 0.29) is 16.6 Å². The lowest BCUT2D eigenvalue weighted by Gasteiger charge is -2.20. The maximum absolute atomic E-state index is 12.9. The Morgan fingerprint density at radius 3 is 2.61 bits per heavy atom. The van der Waals surface area contributed by atoms with Crippen molar-refractivity contribution in [1.29, 1.82) is 0 Å². The molecule has 0 saturated carbocycles. The highest BCUT2D eigenvalue weighted by molar-refractivity contribution is 7.89. The van der Waals surface area contributed by atoms with Crippen LogP contribution < -0.4 is 4.74 Å². The molecule has 1 aromatic heterocycles. The highest BCUT2D eigenvalue weighted by Gasteiger charge is 2.26. The van der Waals surface area contributed by atoms with Gasteiger partial charge in [0.2, 0.25) is 10.0 Å². The molecule has 7 heteroatoms. The Morgan fingerprint density at radius 2 is 1.84 bits per heavy atom. The maximum Gasteiger partial charge on any atom is 0.243 e. The van der Waals surface area contributed by atoms with E-state index in [4.69, 9.17) is 4.74 Å². The zero-order chi connectivity index (χ0) is 21.7. The Balaban J connectivity index is 1.43. The van der Waals surface area contributed by atoms with Crippen molar-refractivity contribution in [2.75, 3.05) is 13.1 Å². The summed E-state index contributed by atoms with van der Waals surface area (Å²) >= 11 is 0. The van der Waals surface area contributed by atoms with Crippen LogP contribution in [-0.4, -0.2) is 35.9 Å². The summed E-state index contributed by atoms with van der Waals surface area (Å²) in [5.41, 5.74) is 2.07. The number of benzene rings is 2. The molecule has 0 bridgehead atoms. The molecule has 0 radical (unpaired) electrons. The fourth-order valence-corrected chi connectivity index (χ4v) is 4.94. The summed E-state index contributed by atoms with van der Waals surface area (Å²) in [5, 5.41) is 9.43. The molecule has 1 aliphatic rings. The number of aromatic hydroxyl groups is 1. The SMILES string of the molecule is O=S(=O)(c1ccc(O)cc1)N1CC=CC(c2cncc(OCc3ccccc3)c2)CC1. The molecule has 1 N–H and O–H groups in total. The number of phenolic OH excluding ortho intramolecular Hbond substituents is 1. The number of rotatable bonds is 6. The van der Waals surface area contributed by atoms with E-state index in [0.717, 1.165) is 11.1 Å². The molecular formula is C24H24N2O4S. The van der Waals surface area contributed by atoms with Gasteiger partial charge in [0, 0.05) is 25.2 Å². The van der Waals surface area contributed by atoms with Gasteiger partial charge in [0.15, 0.2) is 0 Å². The van der Waals surface area contributed by atoms with Crippen LogP contribution in [0.4, 0.5) is 0 Å². The molecule has 1 unspecified atom stereocenters. The lowest BCUT2D eigenvalue weighted by molar-refractivity contribution is 0.304. The van der Waals surface area contributed by atoms with Crippen LogP contribution in [-0.2, 0) is 16.6 Å².